The molecule has 0 aromatic rings. The largest absolute Gasteiger partial charge is 0.481 e. The Morgan fingerprint density at radius 3 is 2.09 bits per heavy atom. The molecule has 4 unspecified atom stereocenters. The Kier molecular flexibility index (Phi) is 13.8. The molecule has 0 aromatic heterocycles. The standard InChI is InChI=1S/C22H40N6O7/c23-11-3-1-6-14(25)19(31)26-15(7-2-4-12-24)21(33)28-13-5-8-17(28)20(32)27-16(22(34)35)9-10-18(29)30/h14-17H,1-13,23-25H2,(H,26,31)(H,27,32)(H,29,30)(H,34,35). The zero-order valence-corrected chi connectivity index (χ0v) is 20.1. The summed E-state index contributed by atoms with van der Waals surface area (Å²) in [6.45, 7) is 1.19. The number of nitrogens with one attached hydrogen (secondary N) is 2. The van der Waals surface area contributed by atoms with Gasteiger partial charge in [0.1, 0.15) is 18.1 Å². The average Bonchev–Trinajstić information content (AvgIpc) is 3.30. The third-order valence-electron chi connectivity index (χ3n) is 5.97. The topological polar surface area (TPSA) is 231 Å². The number of carboxylic acids is 2. The molecule has 1 fully saturated rings. The van der Waals surface area contributed by atoms with Gasteiger partial charge in [0, 0.05) is 13.0 Å². The molecule has 1 aliphatic heterocycles. The molecule has 3 amide bonds. The summed E-state index contributed by atoms with van der Waals surface area (Å²) in [4.78, 5) is 62.4. The lowest BCUT2D eigenvalue weighted by molar-refractivity contribution is -0.145. The van der Waals surface area contributed by atoms with Gasteiger partial charge < -0.3 is 42.9 Å². The number of nitrogens with two attached hydrogens (primary N) is 3. The Hall–Kier alpha value is -2.77. The minimum Gasteiger partial charge on any atom is -0.481 e. The van der Waals surface area contributed by atoms with E-state index >= 15 is 0 Å². The summed E-state index contributed by atoms with van der Waals surface area (Å²) >= 11 is 0. The summed E-state index contributed by atoms with van der Waals surface area (Å²) in [7, 11) is 0. The van der Waals surface area contributed by atoms with Gasteiger partial charge >= 0.3 is 11.9 Å². The maximum Gasteiger partial charge on any atom is 0.326 e. The van der Waals surface area contributed by atoms with Crippen LogP contribution in [0.15, 0.2) is 0 Å². The number of carboxylic acid groups (broad SMARTS) is 2. The van der Waals surface area contributed by atoms with E-state index in [-0.39, 0.29) is 13.0 Å². The van der Waals surface area contributed by atoms with E-state index in [9.17, 15) is 29.1 Å². The molecule has 35 heavy (non-hydrogen) atoms. The number of hydrogen-bond acceptors (Lipinski definition) is 8. The maximum atomic E-state index is 13.4. The number of unbranched alkanes of at least 4 members (excludes halogenated alkanes) is 2. The predicted molar refractivity (Wildman–Crippen MR) is 127 cm³/mol. The first-order valence-electron chi connectivity index (χ1n) is 12.1. The van der Waals surface area contributed by atoms with Crippen LogP contribution < -0.4 is 27.8 Å². The Morgan fingerprint density at radius 2 is 1.51 bits per heavy atom. The van der Waals surface area contributed by atoms with Crippen molar-refractivity contribution in [3.8, 4) is 0 Å². The van der Waals surface area contributed by atoms with E-state index in [0.717, 1.165) is 6.42 Å². The van der Waals surface area contributed by atoms with Crippen LogP contribution in [0.1, 0.15) is 64.2 Å². The zero-order valence-electron chi connectivity index (χ0n) is 20.1. The molecule has 13 nitrogen and oxygen atoms in total. The van der Waals surface area contributed by atoms with Crippen LogP contribution in [0, 0.1) is 0 Å². The fourth-order valence-electron chi connectivity index (χ4n) is 3.96. The number of carbonyl (C=O) groups excluding carboxylic acids is 3. The lowest BCUT2D eigenvalue weighted by Crippen LogP contribution is -2.56. The summed E-state index contributed by atoms with van der Waals surface area (Å²) in [6, 6.07) is -4.00. The molecule has 0 saturated carbocycles. The first-order valence-corrected chi connectivity index (χ1v) is 12.1. The minimum absolute atomic E-state index is 0.273. The van der Waals surface area contributed by atoms with E-state index in [1.54, 1.807) is 0 Å². The molecule has 0 bridgehead atoms. The molecule has 0 spiro atoms. The molecule has 1 aliphatic rings. The normalized spacial score (nSPS) is 17.9. The maximum absolute atomic E-state index is 13.4. The number of carbonyl (C=O) groups is 5. The van der Waals surface area contributed by atoms with Gasteiger partial charge in [-0.05, 0) is 64.5 Å². The van der Waals surface area contributed by atoms with Crippen LogP contribution in [0.3, 0.4) is 0 Å². The Bertz CT molecular complexity index is 735. The number of amides is 3. The fourth-order valence-corrected chi connectivity index (χ4v) is 3.96. The van der Waals surface area contributed by atoms with E-state index < -0.39 is 60.2 Å². The van der Waals surface area contributed by atoms with Gasteiger partial charge in [0.05, 0.1) is 6.04 Å². The first kappa shape index (κ1) is 30.3. The SMILES string of the molecule is NCCCCC(N)C(=O)NC(CCCCN)C(=O)N1CCCC1C(=O)NC(CCC(=O)O)C(=O)O. The number of hydrogen-bond donors (Lipinski definition) is 7. The van der Waals surface area contributed by atoms with Crippen molar-refractivity contribution in [1.82, 2.24) is 15.5 Å². The van der Waals surface area contributed by atoms with Crippen molar-refractivity contribution in [3.63, 3.8) is 0 Å². The summed E-state index contributed by atoms with van der Waals surface area (Å²) in [5, 5.41) is 23.2. The second-order valence-electron chi connectivity index (χ2n) is 8.76. The van der Waals surface area contributed by atoms with Gasteiger partial charge in [0.25, 0.3) is 0 Å². The van der Waals surface area contributed by atoms with Crippen molar-refractivity contribution in [2.24, 2.45) is 17.2 Å². The number of rotatable bonds is 17. The van der Waals surface area contributed by atoms with E-state index in [1.165, 1.54) is 4.90 Å². The number of likely N-dealkylation sites (tertiary alicyclic amines) is 1. The van der Waals surface area contributed by atoms with Crippen LogP contribution in [0.25, 0.3) is 0 Å². The van der Waals surface area contributed by atoms with E-state index in [2.05, 4.69) is 10.6 Å². The minimum atomic E-state index is -1.39. The Balaban J connectivity index is 2.89. The van der Waals surface area contributed by atoms with E-state index in [0.29, 0.717) is 58.0 Å². The van der Waals surface area contributed by atoms with Gasteiger partial charge in [-0.1, -0.05) is 6.42 Å². The van der Waals surface area contributed by atoms with Crippen LogP contribution >= 0.6 is 0 Å². The van der Waals surface area contributed by atoms with Crippen molar-refractivity contribution in [2.75, 3.05) is 19.6 Å². The quantitative estimate of drug-likeness (QED) is 0.114. The van der Waals surface area contributed by atoms with Crippen LogP contribution in [0.4, 0.5) is 0 Å². The molecule has 1 heterocycles. The highest BCUT2D eigenvalue weighted by Gasteiger charge is 2.39. The first-order chi connectivity index (χ1) is 16.6. The smallest absolute Gasteiger partial charge is 0.326 e. The molecule has 10 N–H and O–H groups in total. The average molecular weight is 501 g/mol. The van der Waals surface area contributed by atoms with Crippen LogP contribution in [0.2, 0.25) is 0 Å². The number of nitrogens with zero attached hydrogens (tertiary/aromatic N) is 1. The highest BCUT2D eigenvalue weighted by Crippen LogP contribution is 2.20. The molecule has 4 atom stereocenters. The molecule has 200 valence electrons. The molecule has 0 radical (unpaired) electrons. The Morgan fingerprint density at radius 1 is 0.886 bits per heavy atom. The summed E-state index contributed by atoms with van der Waals surface area (Å²) in [5.41, 5.74) is 17.0. The third kappa shape index (κ3) is 10.6. The molecular weight excluding hydrogens is 460 g/mol. The molecular formula is C22H40N6O7. The highest BCUT2D eigenvalue weighted by atomic mass is 16.4. The Labute approximate surface area is 205 Å². The van der Waals surface area contributed by atoms with Crippen molar-refractivity contribution in [3.05, 3.63) is 0 Å². The van der Waals surface area contributed by atoms with Crippen molar-refractivity contribution in [2.45, 2.75) is 88.4 Å². The second-order valence-corrected chi connectivity index (χ2v) is 8.76. The van der Waals surface area contributed by atoms with Crippen LogP contribution in [-0.2, 0) is 24.0 Å². The lowest BCUT2D eigenvalue weighted by Gasteiger charge is -2.30. The molecule has 0 aromatic carbocycles. The summed E-state index contributed by atoms with van der Waals surface area (Å²) in [5.74, 6) is -4.11. The van der Waals surface area contributed by atoms with Crippen molar-refractivity contribution in [1.29, 1.82) is 0 Å². The molecule has 1 rings (SSSR count). The van der Waals surface area contributed by atoms with Crippen molar-refractivity contribution < 1.29 is 34.2 Å². The lowest BCUT2D eigenvalue weighted by atomic mass is 10.0. The monoisotopic (exact) mass is 500 g/mol. The number of aliphatic carboxylic acids is 2. The predicted octanol–water partition coefficient (Wildman–Crippen LogP) is -1.52. The van der Waals surface area contributed by atoms with Gasteiger partial charge in [-0.3, -0.25) is 19.2 Å². The fraction of sp³-hybridized carbons (Fsp3) is 0.773. The van der Waals surface area contributed by atoms with Gasteiger partial charge in [0.2, 0.25) is 17.7 Å². The molecule has 1 saturated heterocycles. The van der Waals surface area contributed by atoms with Crippen LogP contribution in [-0.4, -0.2) is 88.6 Å². The van der Waals surface area contributed by atoms with Gasteiger partial charge in [-0.2, -0.15) is 0 Å². The van der Waals surface area contributed by atoms with Gasteiger partial charge in [-0.25, -0.2) is 4.79 Å². The summed E-state index contributed by atoms with van der Waals surface area (Å²) < 4.78 is 0. The highest BCUT2D eigenvalue weighted by molar-refractivity contribution is 5.94. The molecule has 13 heteroatoms. The van der Waals surface area contributed by atoms with Crippen molar-refractivity contribution >= 4 is 29.7 Å². The van der Waals surface area contributed by atoms with Crippen LogP contribution in [0.5, 0.6) is 0 Å². The van der Waals surface area contributed by atoms with E-state index in [4.69, 9.17) is 22.3 Å². The van der Waals surface area contributed by atoms with Gasteiger partial charge in [-0.15, -0.1) is 0 Å². The third-order valence-corrected chi connectivity index (χ3v) is 5.97. The molecule has 0 aliphatic carbocycles. The second kappa shape index (κ2) is 16.0. The van der Waals surface area contributed by atoms with Gasteiger partial charge in [0.15, 0.2) is 0 Å². The zero-order chi connectivity index (χ0) is 26.4. The summed E-state index contributed by atoms with van der Waals surface area (Å²) in [6.07, 6.45) is 3.53. The van der Waals surface area contributed by atoms with E-state index in [1.807, 2.05) is 0 Å².